The highest BCUT2D eigenvalue weighted by molar-refractivity contribution is 5.78. The highest BCUT2D eigenvalue weighted by atomic mass is 19.1. The summed E-state index contributed by atoms with van der Waals surface area (Å²) in [6.07, 6.45) is 7.88. The van der Waals surface area contributed by atoms with Crippen LogP contribution in [0.3, 0.4) is 0 Å². The smallest absolute Gasteiger partial charge is 0.225 e. The van der Waals surface area contributed by atoms with Crippen molar-refractivity contribution in [3.05, 3.63) is 78.8 Å². The molecule has 0 aliphatic carbocycles. The number of anilines is 1. The number of nitrogens with zero attached hydrogens (tertiary/aromatic N) is 6. The van der Waals surface area contributed by atoms with Crippen LogP contribution in [0.1, 0.15) is 5.69 Å². The standard InChI is InChI=1S/C22H21FN6/c1-28-13-11-25-21(28)20-19(16-6-5-7-17(23)14-16)15-26-22(27-20)29(2)12-9-18-8-3-4-10-24-18/h3-8,10-11,13-15H,9,12H2,1-2H3. The van der Waals surface area contributed by atoms with Crippen molar-refractivity contribution >= 4 is 5.95 Å². The van der Waals surface area contributed by atoms with Crippen LogP contribution < -0.4 is 4.90 Å². The van der Waals surface area contributed by atoms with Gasteiger partial charge in [0.05, 0.1) is 0 Å². The molecule has 146 valence electrons. The molecule has 0 N–H and O–H groups in total. The molecule has 0 saturated carbocycles. The third kappa shape index (κ3) is 4.13. The summed E-state index contributed by atoms with van der Waals surface area (Å²) >= 11 is 0. The number of hydrogen-bond donors (Lipinski definition) is 0. The maximum absolute atomic E-state index is 13.8. The Labute approximate surface area is 168 Å². The van der Waals surface area contributed by atoms with Crippen molar-refractivity contribution in [3.63, 3.8) is 0 Å². The largest absolute Gasteiger partial charge is 0.343 e. The number of imidazole rings is 1. The van der Waals surface area contributed by atoms with Crippen LogP contribution in [0.15, 0.2) is 67.3 Å². The molecule has 0 amide bonds. The Balaban J connectivity index is 1.69. The lowest BCUT2D eigenvalue weighted by molar-refractivity contribution is 0.628. The van der Waals surface area contributed by atoms with Crippen molar-refractivity contribution in [2.75, 3.05) is 18.5 Å². The van der Waals surface area contributed by atoms with Gasteiger partial charge < -0.3 is 9.47 Å². The van der Waals surface area contributed by atoms with E-state index in [1.807, 2.05) is 54.0 Å². The summed E-state index contributed by atoms with van der Waals surface area (Å²) in [7, 11) is 3.85. The van der Waals surface area contributed by atoms with Crippen molar-refractivity contribution < 1.29 is 4.39 Å². The second-order valence-electron chi connectivity index (χ2n) is 6.80. The SMILES string of the molecule is CN(CCc1ccccn1)c1ncc(-c2cccc(F)c2)c(-c2nccn2C)n1. The van der Waals surface area contributed by atoms with E-state index in [0.29, 0.717) is 23.0 Å². The molecule has 0 saturated heterocycles. The highest BCUT2D eigenvalue weighted by Crippen LogP contribution is 2.30. The number of pyridine rings is 1. The summed E-state index contributed by atoms with van der Waals surface area (Å²) < 4.78 is 15.7. The van der Waals surface area contributed by atoms with Gasteiger partial charge in [-0.3, -0.25) is 4.98 Å². The molecule has 4 aromatic rings. The molecule has 0 atom stereocenters. The van der Waals surface area contributed by atoms with Gasteiger partial charge in [-0.15, -0.1) is 0 Å². The Morgan fingerprint density at radius 3 is 2.66 bits per heavy atom. The first-order valence-electron chi connectivity index (χ1n) is 9.33. The predicted molar refractivity (Wildman–Crippen MR) is 111 cm³/mol. The number of rotatable bonds is 6. The van der Waals surface area contributed by atoms with Crippen LogP contribution in [0.25, 0.3) is 22.6 Å². The normalized spacial score (nSPS) is 10.9. The van der Waals surface area contributed by atoms with Gasteiger partial charge in [0.1, 0.15) is 11.5 Å². The Morgan fingerprint density at radius 2 is 1.93 bits per heavy atom. The number of aryl methyl sites for hydroxylation is 1. The summed E-state index contributed by atoms with van der Waals surface area (Å²) in [5, 5.41) is 0. The number of halogens is 1. The van der Waals surface area contributed by atoms with E-state index in [1.54, 1.807) is 24.7 Å². The van der Waals surface area contributed by atoms with E-state index in [9.17, 15) is 4.39 Å². The molecular formula is C22H21FN6. The third-order valence-corrected chi connectivity index (χ3v) is 4.72. The zero-order valence-electron chi connectivity index (χ0n) is 16.3. The second kappa shape index (κ2) is 8.18. The van der Waals surface area contributed by atoms with Gasteiger partial charge in [0.2, 0.25) is 5.95 Å². The van der Waals surface area contributed by atoms with Crippen LogP contribution in [-0.2, 0) is 13.5 Å². The van der Waals surface area contributed by atoms with E-state index in [1.165, 1.54) is 12.1 Å². The van der Waals surface area contributed by atoms with Crippen LogP contribution in [0.4, 0.5) is 10.3 Å². The molecule has 4 rings (SSSR count). The molecule has 0 spiro atoms. The molecule has 0 aliphatic rings. The lowest BCUT2D eigenvalue weighted by atomic mass is 10.1. The predicted octanol–water partition coefficient (Wildman–Crippen LogP) is 3.76. The van der Waals surface area contributed by atoms with E-state index in [2.05, 4.69) is 15.0 Å². The summed E-state index contributed by atoms with van der Waals surface area (Å²) in [6, 6.07) is 12.3. The monoisotopic (exact) mass is 388 g/mol. The van der Waals surface area contributed by atoms with E-state index >= 15 is 0 Å². The fourth-order valence-corrected chi connectivity index (χ4v) is 3.12. The molecule has 29 heavy (non-hydrogen) atoms. The van der Waals surface area contributed by atoms with Gasteiger partial charge in [-0.05, 0) is 29.8 Å². The number of benzene rings is 1. The minimum atomic E-state index is -0.301. The molecule has 0 bridgehead atoms. The molecule has 0 unspecified atom stereocenters. The van der Waals surface area contributed by atoms with Crippen molar-refractivity contribution in [1.29, 1.82) is 0 Å². The van der Waals surface area contributed by atoms with Gasteiger partial charge in [0.25, 0.3) is 0 Å². The molecule has 1 aromatic carbocycles. The first-order valence-corrected chi connectivity index (χ1v) is 9.33. The average Bonchev–Trinajstić information content (AvgIpc) is 3.18. The fourth-order valence-electron chi connectivity index (χ4n) is 3.12. The first kappa shape index (κ1) is 18.7. The summed E-state index contributed by atoms with van der Waals surface area (Å²) in [4.78, 5) is 20.1. The number of hydrogen-bond acceptors (Lipinski definition) is 5. The Kier molecular flexibility index (Phi) is 5.29. The molecule has 3 heterocycles. The summed E-state index contributed by atoms with van der Waals surface area (Å²) in [5.41, 5.74) is 3.13. The molecule has 0 radical (unpaired) electrons. The third-order valence-electron chi connectivity index (χ3n) is 4.72. The van der Waals surface area contributed by atoms with Crippen LogP contribution in [0.5, 0.6) is 0 Å². The number of likely N-dealkylation sites (N-methyl/N-ethyl adjacent to an activating group) is 1. The summed E-state index contributed by atoms with van der Waals surface area (Å²) in [5.74, 6) is 0.981. The zero-order chi connectivity index (χ0) is 20.2. The van der Waals surface area contributed by atoms with Gasteiger partial charge in [0.15, 0.2) is 5.82 Å². The average molecular weight is 388 g/mol. The first-order chi connectivity index (χ1) is 14.1. The fraction of sp³-hybridized carbons (Fsp3) is 0.182. The lowest BCUT2D eigenvalue weighted by Gasteiger charge is -2.19. The van der Waals surface area contributed by atoms with Crippen LogP contribution in [0, 0.1) is 5.82 Å². The van der Waals surface area contributed by atoms with Crippen LogP contribution in [-0.4, -0.2) is 38.1 Å². The molecule has 6 nitrogen and oxygen atoms in total. The van der Waals surface area contributed by atoms with E-state index in [0.717, 1.165) is 24.2 Å². The Bertz CT molecular complexity index is 1110. The second-order valence-corrected chi connectivity index (χ2v) is 6.80. The van der Waals surface area contributed by atoms with Crippen LogP contribution in [0.2, 0.25) is 0 Å². The molecule has 7 heteroatoms. The van der Waals surface area contributed by atoms with Gasteiger partial charge in [-0.1, -0.05) is 18.2 Å². The van der Waals surface area contributed by atoms with Crippen molar-refractivity contribution in [1.82, 2.24) is 24.5 Å². The Hall–Kier alpha value is -3.61. The van der Waals surface area contributed by atoms with E-state index < -0.39 is 0 Å². The Morgan fingerprint density at radius 1 is 1.03 bits per heavy atom. The van der Waals surface area contributed by atoms with Gasteiger partial charge >= 0.3 is 0 Å². The summed E-state index contributed by atoms with van der Waals surface area (Å²) in [6.45, 7) is 0.719. The maximum atomic E-state index is 13.8. The highest BCUT2D eigenvalue weighted by Gasteiger charge is 2.17. The molecule has 0 fully saturated rings. The zero-order valence-corrected chi connectivity index (χ0v) is 16.3. The molecular weight excluding hydrogens is 367 g/mol. The molecule has 3 aromatic heterocycles. The minimum absolute atomic E-state index is 0.301. The van der Waals surface area contributed by atoms with E-state index in [-0.39, 0.29) is 5.82 Å². The minimum Gasteiger partial charge on any atom is -0.343 e. The van der Waals surface area contributed by atoms with Crippen LogP contribution >= 0.6 is 0 Å². The van der Waals surface area contributed by atoms with Gasteiger partial charge in [-0.2, -0.15) is 0 Å². The van der Waals surface area contributed by atoms with E-state index in [4.69, 9.17) is 4.98 Å². The van der Waals surface area contributed by atoms with Crippen molar-refractivity contribution in [2.24, 2.45) is 7.05 Å². The quantitative estimate of drug-likeness (QED) is 0.503. The maximum Gasteiger partial charge on any atom is 0.225 e. The topological polar surface area (TPSA) is 59.7 Å². The van der Waals surface area contributed by atoms with Crippen molar-refractivity contribution in [3.8, 4) is 22.6 Å². The number of aromatic nitrogens is 5. The molecule has 0 aliphatic heterocycles. The van der Waals surface area contributed by atoms with Crippen molar-refractivity contribution in [2.45, 2.75) is 6.42 Å². The van der Waals surface area contributed by atoms with Gasteiger partial charge in [-0.25, -0.2) is 19.3 Å². The lowest BCUT2D eigenvalue weighted by Crippen LogP contribution is -2.23. The van der Waals surface area contributed by atoms with Gasteiger partial charge in [0, 0.05) is 63.1 Å².